The molecule has 0 unspecified atom stereocenters. The predicted octanol–water partition coefficient (Wildman–Crippen LogP) is 1.80. The Balaban J connectivity index is 1.40. The highest BCUT2D eigenvalue weighted by atomic mass is 15.2. The van der Waals surface area contributed by atoms with Crippen molar-refractivity contribution < 1.29 is 0 Å². The molecule has 3 rings (SSSR count). The molecular formula is C15H20N6. The topological polar surface area (TPSA) is 60.0 Å². The van der Waals surface area contributed by atoms with E-state index in [1.807, 2.05) is 48.6 Å². The highest BCUT2D eigenvalue weighted by Gasteiger charge is 2.00. The maximum atomic E-state index is 4.40. The third kappa shape index (κ3) is 3.66. The second-order valence-electron chi connectivity index (χ2n) is 5.24. The van der Waals surface area contributed by atoms with Crippen molar-refractivity contribution in [2.24, 2.45) is 0 Å². The van der Waals surface area contributed by atoms with Crippen molar-refractivity contribution in [2.45, 2.75) is 32.9 Å². The van der Waals surface area contributed by atoms with Crippen molar-refractivity contribution in [2.75, 3.05) is 6.54 Å². The van der Waals surface area contributed by atoms with Crippen molar-refractivity contribution in [3.63, 3.8) is 0 Å². The number of hydrogen-bond acceptors (Lipinski definition) is 4. The summed E-state index contributed by atoms with van der Waals surface area (Å²) in [5.74, 6) is 0. The van der Waals surface area contributed by atoms with Crippen LogP contribution in [0.1, 0.15) is 24.1 Å². The van der Waals surface area contributed by atoms with Gasteiger partial charge in [-0.1, -0.05) is 0 Å². The quantitative estimate of drug-likeness (QED) is 0.672. The van der Waals surface area contributed by atoms with E-state index in [2.05, 4.69) is 25.0 Å². The van der Waals surface area contributed by atoms with E-state index < -0.39 is 0 Å². The monoisotopic (exact) mass is 284 g/mol. The number of fused-ring (bicyclic) bond motifs is 1. The minimum atomic E-state index is 0.826. The molecule has 6 nitrogen and oxygen atoms in total. The van der Waals surface area contributed by atoms with Crippen LogP contribution in [-0.2, 0) is 13.1 Å². The van der Waals surface area contributed by atoms with E-state index in [1.54, 1.807) is 0 Å². The van der Waals surface area contributed by atoms with Gasteiger partial charge in [0.05, 0.1) is 12.0 Å². The van der Waals surface area contributed by atoms with Gasteiger partial charge in [0.1, 0.15) is 0 Å². The van der Waals surface area contributed by atoms with Crippen LogP contribution >= 0.6 is 0 Å². The van der Waals surface area contributed by atoms with E-state index in [-0.39, 0.29) is 0 Å². The fraction of sp³-hybridized carbons (Fsp3) is 0.400. The number of rotatable bonds is 7. The standard InChI is InChI=1S/C15H20N6/c1-13-8-15-18-10-14(11-21(15)19-13)9-16-4-2-3-6-20-7-5-17-12-20/h5,7-8,10-12,16H,2-4,6,9H2,1H3. The van der Waals surface area contributed by atoms with Crippen molar-refractivity contribution >= 4 is 5.65 Å². The van der Waals surface area contributed by atoms with Gasteiger partial charge in [-0.25, -0.2) is 14.5 Å². The van der Waals surface area contributed by atoms with E-state index in [1.165, 1.54) is 0 Å². The molecule has 21 heavy (non-hydrogen) atoms. The van der Waals surface area contributed by atoms with Gasteiger partial charge in [0, 0.05) is 49.5 Å². The molecule has 0 atom stereocenters. The SMILES string of the molecule is Cc1cc2ncc(CNCCCCn3ccnc3)cn2n1. The van der Waals surface area contributed by atoms with E-state index in [4.69, 9.17) is 0 Å². The first kappa shape index (κ1) is 13.8. The Labute approximate surface area is 123 Å². The fourth-order valence-corrected chi connectivity index (χ4v) is 2.32. The number of imidazole rings is 1. The van der Waals surface area contributed by atoms with Gasteiger partial charge in [-0.05, 0) is 26.3 Å². The molecule has 3 aromatic rings. The second-order valence-corrected chi connectivity index (χ2v) is 5.24. The summed E-state index contributed by atoms with van der Waals surface area (Å²) in [4.78, 5) is 8.44. The van der Waals surface area contributed by atoms with Gasteiger partial charge in [-0.15, -0.1) is 0 Å². The van der Waals surface area contributed by atoms with Crippen LogP contribution in [0.3, 0.4) is 0 Å². The van der Waals surface area contributed by atoms with Crippen LogP contribution in [-0.4, -0.2) is 30.7 Å². The molecule has 3 heterocycles. The van der Waals surface area contributed by atoms with Gasteiger partial charge >= 0.3 is 0 Å². The van der Waals surface area contributed by atoms with Crippen LogP contribution in [0, 0.1) is 6.92 Å². The molecule has 0 saturated heterocycles. The van der Waals surface area contributed by atoms with Crippen LogP contribution in [0.5, 0.6) is 0 Å². The first-order valence-electron chi connectivity index (χ1n) is 7.28. The fourth-order valence-electron chi connectivity index (χ4n) is 2.32. The van der Waals surface area contributed by atoms with E-state index in [0.717, 1.165) is 49.4 Å². The smallest absolute Gasteiger partial charge is 0.155 e. The number of unbranched alkanes of at least 4 members (excludes halogenated alkanes) is 1. The molecule has 0 amide bonds. The summed E-state index contributed by atoms with van der Waals surface area (Å²) in [6.45, 7) is 4.84. The van der Waals surface area contributed by atoms with Crippen molar-refractivity contribution in [1.82, 2.24) is 29.5 Å². The van der Waals surface area contributed by atoms with Gasteiger partial charge in [-0.2, -0.15) is 5.10 Å². The molecule has 0 saturated carbocycles. The molecule has 3 aromatic heterocycles. The first-order chi connectivity index (χ1) is 10.3. The lowest BCUT2D eigenvalue weighted by atomic mass is 10.3. The van der Waals surface area contributed by atoms with Gasteiger partial charge < -0.3 is 9.88 Å². The molecule has 0 aliphatic carbocycles. The van der Waals surface area contributed by atoms with E-state index in [0.29, 0.717) is 0 Å². The average Bonchev–Trinajstić information content (AvgIpc) is 3.10. The maximum absolute atomic E-state index is 4.40. The Morgan fingerprint density at radius 1 is 1.29 bits per heavy atom. The third-order valence-electron chi connectivity index (χ3n) is 3.40. The van der Waals surface area contributed by atoms with Crippen LogP contribution in [0.2, 0.25) is 0 Å². The van der Waals surface area contributed by atoms with Crippen molar-refractivity contribution in [3.8, 4) is 0 Å². The summed E-state index contributed by atoms with van der Waals surface area (Å²) in [5.41, 5.74) is 3.05. The van der Waals surface area contributed by atoms with Crippen LogP contribution in [0.4, 0.5) is 0 Å². The molecule has 110 valence electrons. The van der Waals surface area contributed by atoms with Gasteiger partial charge in [0.2, 0.25) is 0 Å². The summed E-state index contributed by atoms with van der Waals surface area (Å²) in [6, 6.07) is 1.98. The Morgan fingerprint density at radius 3 is 3.10 bits per heavy atom. The summed E-state index contributed by atoms with van der Waals surface area (Å²) in [7, 11) is 0. The van der Waals surface area contributed by atoms with Crippen LogP contribution in [0.25, 0.3) is 5.65 Å². The van der Waals surface area contributed by atoms with E-state index >= 15 is 0 Å². The number of aromatic nitrogens is 5. The van der Waals surface area contributed by atoms with Gasteiger partial charge in [0.15, 0.2) is 5.65 Å². The van der Waals surface area contributed by atoms with Gasteiger partial charge in [-0.3, -0.25) is 0 Å². The molecule has 0 radical (unpaired) electrons. The molecule has 0 aliphatic rings. The first-order valence-corrected chi connectivity index (χ1v) is 7.28. The Hall–Kier alpha value is -2.21. The number of hydrogen-bond donors (Lipinski definition) is 1. The summed E-state index contributed by atoms with van der Waals surface area (Å²) in [5, 5.41) is 7.82. The van der Waals surface area contributed by atoms with Crippen LogP contribution in [0.15, 0.2) is 37.2 Å². The number of nitrogens with one attached hydrogen (secondary N) is 1. The lowest BCUT2D eigenvalue weighted by molar-refractivity contribution is 0.567. The molecule has 0 bridgehead atoms. The normalized spacial score (nSPS) is 11.3. The second kappa shape index (κ2) is 6.49. The lowest BCUT2D eigenvalue weighted by Gasteiger charge is -2.05. The summed E-state index contributed by atoms with van der Waals surface area (Å²) in [6.07, 6.45) is 11.9. The number of nitrogens with zero attached hydrogens (tertiary/aromatic N) is 5. The van der Waals surface area contributed by atoms with Crippen LogP contribution < -0.4 is 5.32 Å². The van der Waals surface area contributed by atoms with Gasteiger partial charge in [0.25, 0.3) is 0 Å². The highest BCUT2D eigenvalue weighted by molar-refractivity contribution is 5.38. The van der Waals surface area contributed by atoms with Crippen molar-refractivity contribution in [1.29, 1.82) is 0 Å². The van der Waals surface area contributed by atoms with Crippen molar-refractivity contribution in [3.05, 3.63) is 48.4 Å². The third-order valence-corrected chi connectivity index (χ3v) is 3.40. The number of aryl methyl sites for hydroxylation is 2. The molecule has 0 aliphatic heterocycles. The Morgan fingerprint density at radius 2 is 2.24 bits per heavy atom. The minimum Gasteiger partial charge on any atom is -0.337 e. The molecule has 6 heteroatoms. The highest BCUT2D eigenvalue weighted by Crippen LogP contribution is 2.04. The summed E-state index contributed by atoms with van der Waals surface area (Å²) < 4.78 is 3.95. The predicted molar refractivity (Wildman–Crippen MR) is 80.9 cm³/mol. The Kier molecular flexibility index (Phi) is 4.25. The molecule has 0 spiro atoms. The molecule has 1 N–H and O–H groups in total. The minimum absolute atomic E-state index is 0.826. The average molecular weight is 284 g/mol. The largest absolute Gasteiger partial charge is 0.337 e. The zero-order valence-electron chi connectivity index (χ0n) is 12.2. The lowest BCUT2D eigenvalue weighted by Crippen LogP contribution is -2.15. The summed E-state index contributed by atoms with van der Waals surface area (Å²) >= 11 is 0. The van der Waals surface area contributed by atoms with E-state index in [9.17, 15) is 0 Å². The molecule has 0 aromatic carbocycles. The maximum Gasteiger partial charge on any atom is 0.155 e. The zero-order valence-corrected chi connectivity index (χ0v) is 12.2. The molecular weight excluding hydrogens is 264 g/mol. The Bertz CT molecular complexity index is 685. The molecule has 0 fully saturated rings. The zero-order chi connectivity index (χ0) is 14.5.